The Morgan fingerprint density at radius 2 is 2.16 bits per heavy atom. The van der Waals surface area contributed by atoms with Crippen LogP contribution in [0.5, 0.6) is 0 Å². The maximum atomic E-state index is 12.1. The molecule has 7 heteroatoms. The Hall–Kier alpha value is -2.54. The molecule has 0 radical (unpaired) electrons. The summed E-state index contributed by atoms with van der Waals surface area (Å²) in [5, 5.41) is 14.6. The molecule has 6 nitrogen and oxygen atoms in total. The van der Waals surface area contributed by atoms with Gasteiger partial charge in [0.1, 0.15) is 5.58 Å². The summed E-state index contributed by atoms with van der Waals surface area (Å²) >= 11 is 1.42. The van der Waals surface area contributed by atoms with Gasteiger partial charge in [0.2, 0.25) is 11.3 Å². The van der Waals surface area contributed by atoms with E-state index in [1.165, 1.54) is 17.4 Å². The highest BCUT2D eigenvalue weighted by atomic mass is 32.1. The summed E-state index contributed by atoms with van der Waals surface area (Å²) in [4.78, 5) is 12.8. The third kappa shape index (κ3) is 1.48. The monoisotopic (exact) mass is 270 g/mol. The number of fused-ring (bicyclic) bond motifs is 3. The van der Waals surface area contributed by atoms with Crippen LogP contribution < -0.4 is 5.43 Å². The van der Waals surface area contributed by atoms with Crippen LogP contribution in [0, 0.1) is 0 Å². The number of para-hydroxylation sites is 1. The van der Waals surface area contributed by atoms with Gasteiger partial charge in [0, 0.05) is 11.5 Å². The SMILES string of the molecule is O=c1cc(-c2nn[nH]n2)sc2c1oc1ccccc12. The van der Waals surface area contributed by atoms with Gasteiger partial charge in [0.25, 0.3) is 0 Å². The van der Waals surface area contributed by atoms with Crippen molar-refractivity contribution in [1.29, 1.82) is 0 Å². The number of tetrazole rings is 1. The van der Waals surface area contributed by atoms with Gasteiger partial charge in [-0.1, -0.05) is 12.1 Å². The zero-order chi connectivity index (χ0) is 12.8. The first kappa shape index (κ1) is 10.4. The second-order valence-electron chi connectivity index (χ2n) is 3.97. The van der Waals surface area contributed by atoms with Crippen molar-refractivity contribution >= 4 is 32.6 Å². The smallest absolute Gasteiger partial charge is 0.224 e. The predicted molar refractivity (Wildman–Crippen MR) is 71.0 cm³/mol. The summed E-state index contributed by atoms with van der Waals surface area (Å²) in [6.45, 7) is 0. The van der Waals surface area contributed by atoms with E-state index in [1.807, 2.05) is 24.3 Å². The van der Waals surface area contributed by atoms with Gasteiger partial charge in [-0.05, 0) is 17.3 Å². The Bertz CT molecular complexity index is 939. The molecule has 4 aromatic rings. The number of hydrogen-bond acceptors (Lipinski definition) is 6. The summed E-state index contributed by atoms with van der Waals surface area (Å²) in [5.74, 6) is 0.411. The Morgan fingerprint density at radius 1 is 1.26 bits per heavy atom. The number of hydrogen-bond donors (Lipinski definition) is 1. The minimum atomic E-state index is -0.176. The van der Waals surface area contributed by atoms with E-state index in [4.69, 9.17) is 4.42 Å². The van der Waals surface area contributed by atoms with E-state index in [0.717, 1.165) is 10.1 Å². The zero-order valence-electron chi connectivity index (χ0n) is 9.45. The van der Waals surface area contributed by atoms with Gasteiger partial charge < -0.3 is 4.42 Å². The van der Waals surface area contributed by atoms with Crippen LogP contribution in [0.1, 0.15) is 0 Å². The molecule has 92 valence electrons. The Balaban J connectivity index is 2.15. The number of H-pyrrole nitrogens is 1. The summed E-state index contributed by atoms with van der Waals surface area (Å²) in [7, 11) is 0. The van der Waals surface area contributed by atoms with Gasteiger partial charge in [-0.2, -0.15) is 5.21 Å². The second kappa shape index (κ2) is 3.72. The molecular weight excluding hydrogens is 264 g/mol. The molecular formula is C12H6N4O2S. The van der Waals surface area contributed by atoms with Crippen LogP contribution >= 0.6 is 11.3 Å². The predicted octanol–water partition coefficient (Wildman–Crippen LogP) is 2.19. The number of aromatic nitrogens is 4. The summed E-state index contributed by atoms with van der Waals surface area (Å²) in [5.41, 5.74) is 0.902. The van der Waals surface area contributed by atoms with Gasteiger partial charge in [-0.3, -0.25) is 4.79 Å². The Labute approximate surface area is 109 Å². The molecule has 19 heavy (non-hydrogen) atoms. The number of nitrogens with one attached hydrogen (secondary N) is 1. The van der Waals surface area contributed by atoms with E-state index >= 15 is 0 Å². The van der Waals surface area contributed by atoms with Crippen LogP contribution in [0.25, 0.3) is 32.0 Å². The molecule has 4 rings (SSSR count). The third-order valence-electron chi connectivity index (χ3n) is 2.81. The lowest BCUT2D eigenvalue weighted by Crippen LogP contribution is -1.97. The number of benzene rings is 1. The number of nitrogens with zero attached hydrogens (tertiary/aromatic N) is 3. The standard InChI is InChI=1S/C12H6N4O2S/c17-7-5-9(12-13-15-16-14-12)19-11-6-3-1-2-4-8(6)18-10(7)11/h1-5H,(H,13,14,15,16). The lowest BCUT2D eigenvalue weighted by atomic mass is 10.2. The van der Waals surface area contributed by atoms with Crippen LogP contribution in [0.2, 0.25) is 0 Å². The van der Waals surface area contributed by atoms with Crippen molar-refractivity contribution in [3.8, 4) is 10.7 Å². The molecule has 0 fully saturated rings. The molecule has 0 amide bonds. The van der Waals surface area contributed by atoms with Crippen molar-refractivity contribution in [2.75, 3.05) is 0 Å². The molecule has 0 aliphatic heterocycles. The average Bonchev–Trinajstić information content (AvgIpc) is 3.06. The highest BCUT2D eigenvalue weighted by Gasteiger charge is 2.14. The van der Waals surface area contributed by atoms with E-state index in [2.05, 4.69) is 20.6 Å². The molecule has 0 atom stereocenters. The lowest BCUT2D eigenvalue weighted by Gasteiger charge is -1.92. The van der Waals surface area contributed by atoms with Crippen molar-refractivity contribution < 1.29 is 4.42 Å². The van der Waals surface area contributed by atoms with Crippen LogP contribution in [0.15, 0.2) is 39.5 Å². The molecule has 0 bridgehead atoms. The van der Waals surface area contributed by atoms with Crippen LogP contribution in [0.3, 0.4) is 0 Å². The van der Waals surface area contributed by atoms with Crippen LogP contribution in [-0.2, 0) is 0 Å². The molecule has 1 aromatic carbocycles. The summed E-state index contributed by atoms with van der Waals surface area (Å²) in [6, 6.07) is 9.03. The highest BCUT2D eigenvalue weighted by Crippen LogP contribution is 2.33. The molecule has 3 aromatic heterocycles. The average molecular weight is 270 g/mol. The van der Waals surface area contributed by atoms with E-state index in [0.29, 0.717) is 21.9 Å². The zero-order valence-corrected chi connectivity index (χ0v) is 10.3. The van der Waals surface area contributed by atoms with Crippen LogP contribution in [-0.4, -0.2) is 20.6 Å². The quantitative estimate of drug-likeness (QED) is 0.573. The lowest BCUT2D eigenvalue weighted by molar-refractivity contribution is 0.666. The maximum absolute atomic E-state index is 12.1. The minimum Gasteiger partial charge on any atom is -0.451 e. The molecule has 0 aliphatic rings. The summed E-state index contributed by atoms with van der Waals surface area (Å²) in [6.07, 6.45) is 0. The molecule has 0 saturated carbocycles. The van der Waals surface area contributed by atoms with Crippen molar-refractivity contribution in [2.24, 2.45) is 0 Å². The third-order valence-corrected chi connectivity index (χ3v) is 3.94. The van der Waals surface area contributed by atoms with Crippen LogP contribution in [0.4, 0.5) is 0 Å². The maximum Gasteiger partial charge on any atom is 0.224 e. The fourth-order valence-electron chi connectivity index (χ4n) is 1.99. The molecule has 0 spiro atoms. The summed E-state index contributed by atoms with van der Waals surface area (Å²) < 4.78 is 6.40. The van der Waals surface area contributed by atoms with Gasteiger partial charge in [-0.25, -0.2) is 0 Å². The minimum absolute atomic E-state index is 0.176. The topological polar surface area (TPSA) is 84.7 Å². The normalized spacial score (nSPS) is 11.4. The number of aromatic amines is 1. The van der Waals surface area contributed by atoms with E-state index in [9.17, 15) is 4.79 Å². The fourth-order valence-corrected chi connectivity index (χ4v) is 3.06. The van der Waals surface area contributed by atoms with Gasteiger partial charge in [-0.15, -0.1) is 21.5 Å². The number of rotatable bonds is 1. The van der Waals surface area contributed by atoms with Crippen molar-refractivity contribution in [2.45, 2.75) is 0 Å². The molecule has 0 aliphatic carbocycles. The van der Waals surface area contributed by atoms with Gasteiger partial charge in [0.15, 0.2) is 5.58 Å². The highest BCUT2D eigenvalue weighted by molar-refractivity contribution is 7.22. The molecule has 0 unspecified atom stereocenters. The van der Waals surface area contributed by atoms with Crippen molar-refractivity contribution in [3.63, 3.8) is 0 Å². The second-order valence-corrected chi connectivity index (χ2v) is 5.02. The molecule has 0 saturated heterocycles. The first-order chi connectivity index (χ1) is 9.33. The van der Waals surface area contributed by atoms with E-state index < -0.39 is 0 Å². The first-order valence-electron chi connectivity index (χ1n) is 5.52. The number of furan rings is 1. The van der Waals surface area contributed by atoms with Gasteiger partial charge in [0.05, 0.1) is 9.58 Å². The first-order valence-corrected chi connectivity index (χ1v) is 6.34. The Kier molecular flexibility index (Phi) is 2.04. The van der Waals surface area contributed by atoms with Crippen molar-refractivity contribution in [3.05, 3.63) is 40.6 Å². The van der Waals surface area contributed by atoms with Crippen molar-refractivity contribution in [1.82, 2.24) is 20.6 Å². The Morgan fingerprint density at radius 3 is 3.00 bits per heavy atom. The van der Waals surface area contributed by atoms with E-state index in [1.54, 1.807) is 0 Å². The van der Waals surface area contributed by atoms with Gasteiger partial charge >= 0.3 is 0 Å². The van der Waals surface area contributed by atoms with E-state index in [-0.39, 0.29) is 5.43 Å². The molecule has 3 heterocycles. The molecule has 1 N–H and O–H groups in total. The largest absolute Gasteiger partial charge is 0.451 e. The fraction of sp³-hybridized carbons (Fsp3) is 0.